The van der Waals surface area contributed by atoms with Crippen LogP contribution in [0, 0.1) is 6.92 Å². The van der Waals surface area contributed by atoms with Crippen molar-refractivity contribution in [2.75, 3.05) is 6.26 Å². The molecule has 0 aromatic carbocycles. The van der Waals surface area contributed by atoms with Crippen molar-refractivity contribution in [1.82, 2.24) is 15.0 Å². The van der Waals surface area contributed by atoms with Gasteiger partial charge in [0, 0.05) is 0 Å². The molecule has 0 spiro atoms. The van der Waals surface area contributed by atoms with Crippen molar-refractivity contribution in [3.8, 4) is 0 Å². The third-order valence-corrected chi connectivity index (χ3v) is 2.78. The van der Waals surface area contributed by atoms with Crippen molar-refractivity contribution in [2.24, 2.45) is 0 Å². The van der Waals surface area contributed by atoms with E-state index in [9.17, 15) is 4.79 Å². The molecule has 78 valence electrons. The Balaban J connectivity index is 2.91. The van der Waals surface area contributed by atoms with Crippen molar-refractivity contribution in [3.63, 3.8) is 0 Å². The number of pyridine rings is 1. The van der Waals surface area contributed by atoms with Gasteiger partial charge in [-0.2, -0.15) is 0 Å². The number of aromatic amines is 1. The standard InChI is InChI=1S/C9H8ClN3OS/c1-4-7-5(3-6(10)11-4)8(14)13-9(12-7)15-2/h3H,1-2H3,(H,12,13,14). The minimum atomic E-state index is -0.184. The van der Waals surface area contributed by atoms with E-state index in [1.54, 1.807) is 6.92 Å². The zero-order chi connectivity index (χ0) is 11.0. The van der Waals surface area contributed by atoms with Gasteiger partial charge in [-0.15, -0.1) is 0 Å². The molecule has 0 aliphatic carbocycles. The van der Waals surface area contributed by atoms with Gasteiger partial charge in [-0.05, 0) is 19.2 Å². The summed E-state index contributed by atoms with van der Waals surface area (Å²) in [5.41, 5.74) is 1.09. The lowest BCUT2D eigenvalue weighted by molar-refractivity contribution is 0.968. The molecule has 0 radical (unpaired) electrons. The molecule has 2 rings (SSSR count). The lowest BCUT2D eigenvalue weighted by Crippen LogP contribution is -2.10. The second kappa shape index (κ2) is 3.83. The molecule has 2 aromatic rings. The first-order chi connectivity index (χ1) is 7.11. The number of H-pyrrole nitrogens is 1. The average Bonchev–Trinajstić information content (AvgIpc) is 2.19. The summed E-state index contributed by atoms with van der Waals surface area (Å²) in [4.78, 5) is 22.7. The molecule has 0 unspecified atom stereocenters. The maximum atomic E-state index is 11.7. The van der Waals surface area contributed by atoms with Crippen molar-refractivity contribution in [1.29, 1.82) is 0 Å². The highest BCUT2D eigenvalue weighted by Crippen LogP contribution is 2.17. The van der Waals surface area contributed by atoms with Crippen LogP contribution in [0.15, 0.2) is 16.0 Å². The molecule has 4 nitrogen and oxygen atoms in total. The van der Waals surface area contributed by atoms with Crippen LogP contribution in [0.5, 0.6) is 0 Å². The second-order valence-electron chi connectivity index (χ2n) is 3.00. The highest BCUT2D eigenvalue weighted by atomic mass is 35.5. The highest BCUT2D eigenvalue weighted by molar-refractivity contribution is 7.98. The number of thioether (sulfide) groups is 1. The van der Waals surface area contributed by atoms with Gasteiger partial charge in [-0.1, -0.05) is 23.4 Å². The lowest BCUT2D eigenvalue weighted by Gasteiger charge is -2.02. The zero-order valence-electron chi connectivity index (χ0n) is 8.17. The Morgan fingerprint density at radius 1 is 1.47 bits per heavy atom. The van der Waals surface area contributed by atoms with Gasteiger partial charge < -0.3 is 4.98 Å². The van der Waals surface area contributed by atoms with E-state index >= 15 is 0 Å². The molecule has 0 fully saturated rings. The van der Waals surface area contributed by atoms with E-state index < -0.39 is 0 Å². The molecule has 15 heavy (non-hydrogen) atoms. The topological polar surface area (TPSA) is 58.6 Å². The molecule has 2 aromatic heterocycles. The normalized spacial score (nSPS) is 10.9. The molecule has 0 aliphatic rings. The Labute approximate surface area is 95.1 Å². The summed E-state index contributed by atoms with van der Waals surface area (Å²) < 4.78 is 0. The summed E-state index contributed by atoms with van der Waals surface area (Å²) >= 11 is 7.16. The first-order valence-corrected chi connectivity index (χ1v) is 5.83. The average molecular weight is 242 g/mol. The third kappa shape index (κ3) is 1.85. The number of nitrogens with one attached hydrogen (secondary N) is 1. The Morgan fingerprint density at radius 3 is 2.87 bits per heavy atom. The molecule has 0 atom stereocenters. The van der Waals surface area contributed by atoms with Crippen LogP contribution in [-0.2, 0) is 0 Å². The van der Waals surface area contributed by atoms with E-state index in [1.165, 1.54) is 17.8 Å². The summed E-state index contributed by atoms with van der Waals surface area (Å²) in [6, 6.07) is 1.53. The molecular weight excluding hydrogens is 234 g/mol. The molecular formula is C9H8ClN3OS. The van der Waals surface area contributed by atoms with E-state index in [-0.39, 0.29) is 5.56 Å². The number of aryl methyl sites for hydroxylation is 1. The summed E-state index contributed by atoms with van der Waals surface area (Å²) in [5, 5.41) is 1.37. The van der Waals surface area contributed by atoms with Crippen LogP contribution in [0.4, 0.5) is 0 Å². The lowest BCUT2D eigenvalue weighted by atomic mass is 10.2. The van der Waals surface area contributed by atoms with Gasteiger partial charge in [0.05, 0.1) is 11.1 Å². The van der Waals surface area contributed by atoms with E-state index in [1.807, 2.05) is 6.26 Å². The van der Waals surface area contributed by atoms with Gasteiger partial charge in [-0.25, -0.2) is 9.97 Å². The molecule has 6 heteroatoms. The van der Waals surface area contributed by atoms with Gasteiger partial charge in [0.1, 0.15) is 10.7 Å². The van der Waals surface area contributed by atoms with E-state index in [2.05, 4.69) is 15.0 Å². The van der Waals surface area contributed by atoms with Gasteiger partial charge in [0.25, 0.3) is 5.56 Å². The Bertz CT molecular complexity index is 581. The number of aromatic nitrogens is 3. The first-order valence-electron chi connectivity index (χ1n) is 4.23. The van der Waals surface area contributed by atoms with Crippen LogP contribution in [0.25, 0.3) is 10.9 Å². The number of nitrogens with zero attached hydrogens (tertiary/aromatic N) is 2. The molecule has 0 aliphatic heterocycles. The molecule has 1 N–H and O–H groups in total. The van der Waals surface area contributed by atoms with Crippen LogP contribution >= 0.6 is 23.4 Å². The van der Waals surface area contributed by atoms with Crippen LogP contribution in [0.3, 0.4) is 0 Å². The van der Waals surface area contributed by atoms with Crippen molar-refractivity contribution in [3.05, 3.63) is 27.3 Å². The van der Waals surface area contributed by atoms with Crippen LogP contribution < -0.4 is 5.56 Å². The van der Waals surface area contributed by atoms with Crippen LogP contribution in [0.1, 0.15) is 5.69 Å². The van der Waals surface area contributed by atoms with Gasteiger partial charge >= 0.3 is 0 Å². The van der Waals surface area contributed by atoms with Gasteiger partial charge in [0.15, 0.2) is 5.16 Å². The summed E-state index contributed by atoms with van der Waals surface area (Å²) in [6.07, 6.45) is 1.85. The Morgan fingerprint density at radius 2 is 2.20 bits per heavy atom. The number of rotatable bonds is 1. The molecule has 0 amide bonds. The smallest absolute Gasteiger partial charge is 0.259 e. The molecule has 0 saturated carbocycles. The fraction of sp³-hybridized carbons (Fsp3) is 0.222. The zero-order valence-corrected chi connectivity index (χ0v) is 9.74. The number of fused-ring (bicyclic) bond motifs is 1. The number of halogens is 1. The fourth-order valence-electron chi connectivity index (χ4n) is 1.33. The van der Waals surface area contributed by atoms with Crippen molar-refractivity contribution < 1.29 is 0 Å². The minimum absolute atomic E-state index is 0.184. The second-order valence-corrected chi connectivity index (χ2v) is 4.18. The molecule has 2 heterocycles. The van der Waals surface area contributed by atoms with Crippen molar-refractivity contribution >= 4 is 34.3 Å². The largest absolute Gasteiger partial charge is 0.301 e. The summed E-state index contributed by atoms with van der Waals surface area (Å²) in [7, 11) is 0. The fourth-order valence-corrected chi connectivity index (χ4v) is 1.95. The first kappa shape index (κ1) is 10.4. The quantitative estimate of drug-likeness (QED) is 0.471. The Kier molecular flexibility index (Phi) is 2.67. The van der Waals surface area contributed by atoms with E-state index in [0.717, 1.165) is 0 Å². The van der Waals surface area contributed by atoms with Crippen LogP contribution in [0.2, 0.25) is 5.15 Å². The van der Waals surface area contributed by atoms with Crippen molar-refractivity contribution in [2.45, 2.75) is 12.1 Å². The van der Waals surface area contributed by atoms with E-state index in [4.69, 9.17) is 11.6 Å². The minimum Gasteiger partial charge on any atom is -0.301 e. The summed E-state index contributed by atoms with van der Waals surface area (Å²) in [6.45, 7) is 1.78. The third-order valence-electron chi connectivity index (χ3n) is 2.01. The van der Waals surface area contributed by atoms with Crippen LogP contribution in [-0.4, -0.2) is 21.2 Å². The maximum Gasteiger partial charge on any atom is 0.259 e. The van der Waals surface area contributed by atoms with Gasteiger partial charge in [-0.3, -0.25) is 4.79 Å². The number of hydrogen-bond acceptors (Lipinski definition) is 4. The number of hydrogen-bond donors (Lipinski definition) is 1. The predicted molar refractivity (Wildman–Crippen MR) is 61.7 cm³/mol. The maximum absolute atomic E-state index is 11.7. The van der Waals surface area contributed by atoms with Gasteiger partial charge in [0.2, 0.25) is 0 Å². The molecule has 0 bridgehead atoms. The highest BCUT2D eigenvalue weighted by Gasteiger charge is 2.07. The predicted octanol–water partition coefficient (Wildman–Crippen LogP) is 2.00. The monoisotopic (exact) mass is 241 g/mol. The van der Waals surface area contributed by atoms with E-state index in [0.29, 0.717) is 26.9 Å². The molecule has 0 saturated heterocycles. The SMILES string of the molecule is CSc1nc2c(C)nc(Cl)cc2c(=O)[nH]1. The Hall–Kier alpha value is -1.07. The summed E-state index contributed by atoms with van der Waals surface area (Å²) in [5.74, 6) is 0.